The maximum Gasteiger partial charge on any atom is 0.305 e. The monoisotopic (exact) mass is 300 g/mol. The molecule has 1 aliphatic heterocycles. The lowest BCUT2D eigenvalue weighted by molar-refractivity contribution is -0.193. The molecule has 0 spiro atoms. The summed E-state index contributed by atoms with van der Waals surface area (Å²) in [5, 5.41) is 0. The van der Waals surface area contributed by atoms with E-state index in [1.54, 1.807) is 0 Å². The van der Waals surface area contributed by atoms with E-state index in [0.717, 1.165) is 12.8 Å². The molecule has 0 aromatic rings. The zero-order chi connectivity index (χ0) is 14.7. The van der Waals surface area contributed by atoms with E-state index >= 15 is 0 Å². The number of hydrogen-bond acceptors (Lipinski definition) is 4. The van der Waals surface area contributed by atoms with E-state index in [4.69, 9.17) is 8.37 Å². The molecule has 5 heteroatoms. The van der Waals surface area contributed by atoms with Crippen LogP contribution in [-0.4, -0.2) is 21.7 Å². The predicted molar refractivity (Wildman–Crippen MR) is 75.9 cm³/mol. The number of hydrogen-bond donors (Lipinski definition) is 0. The molecule has 6 atom stereocenters. The normalized spacial score (nSPS) is 52.0. The van der Waals surface area contributed by atoms with Gasteiger partial charge in [0.05, 0.1) is 11.7 Å². The first kappa shape index (κ1) is 14.7. The van der Waals surface area contributed by atoms with E-state index in [2.05, 4.69) is 20.8 Å². The molecule has 20 heavy (non-hydrogen) atoms. The Morgan fingerprint density at radius 3 is 2.65 bits per heavy atom. The van der Waals surface area contributed by atoms with Crippen LogP contribution in [0.25, 0.3) is 0 Å². The van der Waals surface area contributed by atoms with Gasteiger partial charge >= 0.3 is 11.4 Å². The minimum absolute atomic E-state index is 0.0232. The van der Waals surface area contributed by atoms with Crippen molar-refractivity contribution in [3.63, 3.8) is 0 Å². The molecule has 2 saturated carbocycles. The molecule has 3 aliphatic rings. The molecule has 0 amide bonds. The zero-order valence-electron chi connectivity index (χ0n) is 12.7. The number of rotatable bonds is 1. The fourth-order valence-corrected chi connectivity index (χ4v) is 5.70. The van der Waals surface area contributed by atoms with Crippen LogP contribution in [0.3, 0.4) is 0 Å². The SMILES string of the molecule is CC(C)[C@@H]1CC[C@@]2(C)C(=O)CC[C@]3(C)O[S@](=O)OC1C23. The molecule has 3 rings (SSSR count). The Kier molecular flexibility index (Phi) is 3.39. The molecule has 1 heterocycles. The Hall–Kier alpha value is -0.260. The van der Waals surface area contributed by atoms with Crippen LogP contribution in [0.15, 0.2) is 0 Å². The van der Waals surface area contributed by atoms with Crippen LogP contribution in [0, 0.1) is 23.2 Å². The van der Waals surface area contributed by atoms with Gasteiger partial charge in [0.15, 0.2) is 0 Å². The molecule has 4 nitrogen and oxygen atoms in total. The van der Waals surface area contributed by atoms with Gasteiger partial charge < -0.3 is 0 Å². The molecule has 114 valence electrons. The molecular formula is C15H24O4S. The lowest BCUT2D eigenvalue weighted by atomic mass is 9.51. The van der Waals surface area contributed by atoms with Crippen LogP contribution < -0.4 is 0 Å². The highest BCUT2D eigenvalue weighted by molar-refractivity contribution is 7.75. The predicted octanol–water partition coefficient (Wildman–Crippen LogP) is 2.79. The molecular weight excluding hydrogens is 276 g/mol. The van der Waals surface area contributed by atoms with E-state index in [1.807, 2.05) is 6.92 Å². The minimum atomic E-state index is -1.69. The van der Waals surface area contributed by atoms with Gasteiger partial charge in [-0.1, -0.05) is 20.8 Å². The third-order valence-electron chi connectivity index (χ3n) is 5.88. The Morgan fingerprint density at radius 1 is 1.30 bits per heavy atom. The van der Waals surface area contributed by atoms with Gasteiger partial charge in [-0.05, 0) is 38.0 Å². The van der Waals surface area contributed by atoms with Gasteiger partial charge in [0.25, 0.3) is 0 Å². The van der Waals surface area contributed by atoms with Gasteiger partial charge in [-0.3, -0.25) is 13.2 Å². The maximum absolute atomic E-state index is 12.5. The van der Waals surface area contributed by atoms with Crippen molar-refractivity contribution in [2.75, 3.05) is 0 Å². The Morgan fingerprint density at radius 2 is 2.00 bits per heavy atom. The molecule has 1 saturated heterocycles. The third kappa shape index (κ3) is 1.93. The average Bonchev–Trinajstić information content (AvgIpc) is 2.33. The first-order valence-corrected chi connectivity index (χ1v) is 8.59. The van der Waals surface area contributed by atoms with Gasteiger partial charge in [0.1, 0.15) is 5.78 Å². The summed E-state index contributed by atoms with van der Waals surface area (Å²) in [6.07, 6.45) is 2.92. The Bertz CT molecular complexity index is 463. The third-order valence-corrected chi connectivity index (χ3v) is 6.78. The Labute approximate surface area is 123 Å². The lowest BCUT2D eigenvalue weighted by Gasteiger charge is -2.59. The molecule has 2 aliphatic carbocycles. The number of carbonyl (C=O) groups excluding carboxylic acids is 1. The van der Waals surface area contributed by atoms with Crippen molar-refractivity contribution in [1.82, 2.24) is 0 Å². The maximum atomic E-state index is 12.5. The fraction of sp³-hybridized carbons (Fsp3) is 0.933. The molecule has 0 aromatic carbocycles. The van der Waals surface area contributed by atoms with Gasteiger partial charge in [-0.15, -0.1) is 0 Å². The molecule has 0 N–H and O–H groups in total. The van der Waals surface area contributed by atoms with Gasteiger partial charge in [-0.2, -0.15) is 4.21 Å². The van der Waals surface area contributed by atoms with Gasteiger partial charge in [0, 0.05) is 17.8 Å². The van der Waals surface area contributed by atoms with Gasteiger partial charge in [0.2, 0.25) is 0 Å². The molecule has 2 unspecified atom stereocenters. The highest BCUT2D eigenvalue weighted by Gasteiger charge is 2.64. The van der Waals surface area contributed by atoms with Crippen molar-refractivity contribution in [2.24, 2.45) is 23.2 Å². The van der Waals surface area contributed by atoms with E-state index in [0.29, 0.717) is 30.5 Å². The summed E-state index contributed by atoms with van der Waals surface area (Å²) in [4.78, 5) is 12.5. The minimum Gasteiger partial charge on any atom is -0.299 e. The fourth-order valence-electron chi connectivity index (χ4n) is 4.73. The van der Waals surface area contributed by atoms with Crippen molar-refractivity contribution in [2.45, 2.75) is 65.1 Å². The molecule has 3 fully saturated rings. The topological polar surface area (TPSA) is 52.6 Å². The second-order valence-corrected chi connectivity index (χ2v) is 8.19. The summed E-state index contributed by atoms with van der Waals surface area (Å²) in [5.41, 5.74) is -0.877. The second kappa shape index (κ2) is 4.62. The molecule has 0 radical (unpaired) electrons. The van der Waals surface area contributed by atoms with Crippen LogP contribution in [0.4, 0.5) is 0 Å². The quantitative estimate of drug-likeness (QED) is 0.747. The number of Topliss-reactive ketones (excluding diaryl/α,β-unsaturated/α-hetero) is 1. The average molecular weight is 300 g/mol. The summed E-state index contributed by atoms with van der Waals surface area (Å²) >= 11 is -1.69. The van der Waals surface area contributed by atoms with Crippen LogP contribution in [0.5, 0.6) is 0 Å². The standard InChI is InChI=1S/C15H24O4S/c1-9(2)10-5-7-14(3)11(16)6-8-15(4)13(14)12(10)18-20(17)19-15/h9-10,12-13H,5-8H2,1-4H3/t10-,12?,13?,14-,15-,20+/m0/s1. The molecule has 0 aromatic heterocycles. The number of carbonyl (C=O) groups is 1. The van der Waals surface area contributed by atoms with E-state index < -0.39 is 17.0 Å². The van der Waals surface area contributed by atoms with Crippen LogP contribution in [0.2, 0.25) is 0 Å². The van der Waals surface area contributed by atoms with Crippen molar-refractivity contribution in [3.8, 4) is 0 Å². The van der Waals surface area contributed by atoms with Crippen LogP contribution >= 0.6 is 0 Å². The highest BCUT2D eigenvalue weighted by Crippen LogP contribution is 2.58. The van der Waals surface area contributed by atoms with Crippen LogP contribution in [-0.2, 0) is 24.5 Å². The highest BCUT2D eigenvalue weighted by atomic mass is 32.2. The summed E-state index contributed by atoms with van der Waals surface area (Å²) in [6, 6.07) is 0. The van der Waals surface area contributed by atoms with Gasteiger partial charge in [-0.25, -0.2) is 0 Å². The molecule has 0 bridgehead atoms. The van der Waals surface area contributed by atoms with E-state index in [1.165, 1.54) is 0 Å². The first-order chi connectivity index (χ1) is 9.28. The Balaban J connectivity index is 2.06. The first-order valence-electron chi connectivity index (χ1n) is 7.59. The van der Waals surface area contributed by atoms with Crippen molar-refractivity contribution in [1.29, 1.82) is 0 Å². The van der Waals surface area contributed by atoms with E-state index in [9.17, 15) is 9.00 Å². The van der Waals surface area contributed by atoms with Crippen molar-refractivity contribution in [3.05, 3.63) is 0 Å². The van der Waals surface area contributed by atoms with Crippen molar-refractivity contribution < 1.29 is 17.4 Å². The smallest absolute Gasteiger partial charge is 0.299 e. The number of ketones is 1. The van der Waals surface area contributed by atoms with E-state index in [-0.39, 0.29) is 17.4 Å². The largest absolute Gasteiger partial charge is 0.305 e. The van der Waals surface area contributed by atoms with Crippen LogP contribution in [0.1, 0.15) is 53.4 Å². The second-order valence-electron chi connectivity index (χ2n) is 7.43. The lowest BCUT2D eigenvalue weighted by Crippen LogP contribution is -2.66. The summed E-state index contributed by atoms with van der Waals surface area (Å²) in [5.74, 6) is 1.16. The summed E-state index contributed by atoms with van der Waals surface area (Å²) in [7, 11) is 0. The zero-order valence-corrected chi connectivity index (χ0v) is 13.5. The van der Waals surface area contributed by atoms with Crippen molar-refractivity contribution >= 4 is 17.1 Å². The summed E-state index contributed by atoms with van der Waals surface area (Å²) in [6.45, 7) is 8.43. The summed E-state index contributed by atoms with van der Waals surface area (Å²) < 4.78 is 23.3.